The van der Waals surface area contributed by atoms with E-state index in [1.165, 1.54) is 19.1 Å². The third kappa shape index (κ3) is 4.96. The second kappa shape index (κ2) is 9.17. The van der Waals surface area contributed by atoms with Gasteiger partial charge in [0, 0.05) is 49.4 Å². The predicted octanol–water partition coefficient (Wildman–Crippen LogP) is 4.39. The average molecular weight is 494 g/mol. The monoisotopic (exact) mass is 493 g/mol. The number of amides is 2. The van der Waals surface area contributed by atoms with Crippen LogP contribution in [0, 0.1) is 0 Å². The van der Waals surface area contributed by atoms with E-state index in [9.17, 15) is 22.8 Å². The Kier molecular flexibility index (Phi) is 6.44. The number of aromatic nitrogens is 2. The highest BCUT2D eigenvalue weighted by Crippen LogP contribution is 2.37. The molecule has 0 bridgehead atoms. The summed E-state index contributed by atoms with van der Waals surface area (Å²) in [4.78, 5) is 35.0. The number of H-pyrrole nitrogens is 1. The minimum atomic E-state index is -4.65. The lowest BCUT2D eigenvalue weighted by atomic mass is 10.1. The molecule has 1 saturated heterocycles. The number of imidazole rings is 1. The number of nitrogens with one attached hydrogen (secondary N) is 2. The van der Waals surface area contributed by atoms with E-state index in [1.807, 2.05) is 0 Å². The number of alkyl halides is 3. The molecule has 1 aliphatic rings. The van der Waals surface area contributed by atoms with E-state index in [2.05, 4.69) is 15.3 Å². The van der Waals surface area contributed by atoms with Crippen LogP contribution >= 0.6 is 11.6 Å². The summed E-state index contributed by atoms with van der Waals surface area (Å²) in [5.41, 5.74) is 0.354. The number of piperazine rings is 1. The van der Waals surface area contributed by atoms with E-state index >= 15 is 0 Å². The Morgan fingerprint density at radius 3 is 2.47 bits per heavy atom. The Balaban J connectivity index is 1.54. The van der Waals surface area contributed by atoms with Gasteiger partial charge in [0.05, 0.1) is 22.6 Å². The number of anilines is 1. The largest absolute Gasteiger partial charge is 0.418 e. The molecule has 0 saturated carbocycles. The van der Waals surface area contributed by atoms with Gasteiger partial charge in [-0.1, -0.05) is 11.6 Å². The highest BCUT2D eigenvalue weighted by molar-refractivity contribution is 6.31. The number of carbonyl (C=O) groups excluding carboxylic acids is 2. The van der Waals surface area contributed by atoms with E-state index in [0.29, 0.717) is 35.0 Å². The summed E-state index contributed by atoms with van der Waals surface area (Å²) < 4.78 is 41.6. The third-order valence-corrected chi connectivity index (χ3v) is 6.08. The number of carbonyl (C=O) groups is 2. The van der Waals surface area contributed by atoms with Crippen LogP contribution in [0.25, 0.3) is 11.0 Å². The Bertz CT molecular complexity index is 1240. The molecule has 7 nitrogen and oxygen atoms in total. The van der Waals surface area contributed by atoms with E-state index in [0.717, 1.165) is 6.07 Å². The molecule has 0 aliphatic carbocycles. The molecule has 1 atom stereocenters. The Hall–Kier alpha value is -3.27. The van der Waals surface area contributed by atoms with Crippen LogP contribution < -0.4 is 10.2 Å². The molecule has 0 radical (unpaired) electrons. The number of benzene rings is 2. The lowest BCUT2D eigenvalue weighted by Gasteiger charge is -2.36. The standard InChI is InChI=1S/C23H23ClF3N5O2/c1-13(21-29-18-5-4-16(24)12-19(18)30-21)28-22(34)15-3-6-20(17(11-15)23(25,26)27)32-9-7-31(8-10-32)14(2)33/h3-6,11-13H,7-10H2,1-2H3,(H,28,34)(H,29,30). The third-order valence-electron chi connectivity index (χ3n) is 5.85. The molecule has 3 aromatic rings. The lowest BCUT2D eigenvalue weighted by molar-refractivity contribution is -0.137. The number of fused-ring (bicyclic) bond motifs is 1. The molecule has 1 unspecified atom stereocenters. The number of hydrogen-bond donors (Lipinski definition) is 2. The molecule has 0 spiro atoms. The summed E-state index contributed by atoms with van der Waals surface area (Å²) >= 11 is 5.98. The van der Waals surface area contributed by atoms with Gasteiger partial charge in [-0.05, 0) is 43.3 Å². The van der Waals surface area contributed by atoms with Crippen molar-refractivity contribution in [3.05, 3.63) is 58.4 Å². The van der Waals surface area contributed by atoms with Crippen LogP contribution in [-0.4, -0.2) is 52.9 Å². The van der Waals surface area contributed by atoms with Crippen molar-refractivity contribution >= 4 is 40.1 Å². The van der Waals surface area contributed by atoms with Gasteiger partial charge in [0.2, 0.25) is 5.91 Å². The number of hydrogen-bond acceptors (Lipinski definition) is 4. The Morgan fingerprint density at radius 2 is 1.82 bits per heavy atom. The van der Waals surface area contributed by atoms with Gasteiger partial charge >= 0.3 is 6.18 Å². The fourth-order valence-corrected chi connectivity index (χ4v) is 4.17. The first-order chi connectivity index (χ1) is 16.0. The zero-order valence-corrected chi connectivity index (χ0v) is 19.3. The van der Waals surface area contributed by atoms with Crippen LogP contribution in [0.3, 0.4) is 0 Å². The quantitative estimate of drug-likeness (QED) is 0.564. The first-order valence-electron chi connectivity index (χ1n) is 10.7. The van der Waals surface area contributed by atoms with Gasteiger partial charge in [-0.3, -0.25) is 9.59 Å². The van der Waals surface area contributed by atoms with Crippen molar-refractivity contribution in [2.24, 2.45) is 0 Å². The van der Waals surface area contributed by atoms with Gasteiger partial charge < -0.3 is 20.1 Å². The normalized spacial score (nSPS) is 15.5. The molecule has 4 rings (SSSR count). The second-order valence-corrected chi connectivity index (χ2v) is 8.64. The average Bonchev–Trinajstić information content (AvgIpc) is 3.21. The molecule has 2 aromatic carbocycles. The van der Waals surface area contributed by atoms with Crippen molar-refractivity contribution < 1.29 is 22.8 Å². The summed E-state index contributed by atoms with van der Waals surface area (Å²) in [6.07, 6.45) is -4.65. The van der Waals surface area contributed by atoms with Crippen LogP contribution in [0.5, 0.6) is 0 Å². The van der Waals surface area contributed by atoms with Crippen LogP contribution in [0.15, 0.2) is 36.4 Å². The maximum atomic E-state index is 13.9. The van der Waals surface area contributed by atoms with Gasteiger partial charge in [-0.25, -0.2) is 4.98 Å². The van der Waals surface area contributed by atoms with Crippen LogP contribution in [0.4, 0.5) is 18.9 Å². The van der Waals surface area contributed by atoms with Gasteiger partial charge in [-0.15, -0.1) is 0 Å². The predicted molar refractivity (Wildman–Crippen MR) is 123 cm³/mol. The molecular formula is C23H23ClF3N5O2. The number of rotatable bonds is 4. The molecule has 11 heteroatoms. The van der Waals surface area contributed by atoms with Crippen LogP contribution in [-0.2, 0) is 11.0 Å². The van der Waals surface area contributed by atoms with Crippen LogP contribution in [0.2, 0.25) is 5.02 Å². The number of halogens is 4. The van der Waals surface area contributed by atoms with Gasteiger partial charge in [-0.2, -0.15) is 13.2 Å². The highest BCUT2D eigenvalue weighted by Gasteiger charge is 2.36. The second-order valence-electron chi connectivity index (χ2n) is 8.20. The molecular weight excluding hydrogens is 471 g/mol. The smallest absolute Gasteiger partial charge is 0.367 e. The summed E-state index contributed by atoms with van der Waals surface area (Å²) in [6.45, 7) is 4.36. The molecule has 1 aromatic heterocycles. The summed E-state index contributed by atoms with van der Waals surface area (Å²) in [6, 6.07) is 8.11. The minimum absolute atomic E-state index is 0.00513. The van der Waals surface area contributed by atoms with Crippen LogP contribution in [0.1, 0.15) is 41.6 Å². The van der Waals surface area contributed by atoms with E-state index in [1.54, 1.807) is 34.9 Å². The van der Waals surface area contributed by atoms with Gasteiger partial charge in [0.25, 0.3) is 5.91 Å². The highest BCUT2D eigenvalue weighted by atomic mass is 35.5. The molecule has 180 valence electrons. The zero-order chi connectivity index (χ0) is 24.6. The van der Waals surface area contributed by atoms with Crippen molar-refractivity contribution in [3.8, 4) is 0 Å². The maximum Gasteiger partial charge on any atom is 0.418 e. The number of aromatic amines is 1. The van der Waals surface area contributed by atoms with Crippen molar-refractivity contribution in [2.75, 3.05) is 31.1 Å². The Morgan fingerprint density at radius 1 is 1.12 bits per heavy atom. The topological polar surface area (TPSA) is 81.3 Å². The fraction of sp³-hybridized carbons (Fsp3) is 0.348. The van der Waals surface area contributed by atoms with Crippen molar-refractivity contribution in [1.82, 2.24) is 20.2 Å². The minimum Gasteiger partial charge on any atom is -0.367 e. The first kappa shape index (κ1) is 23.9. The zero-order valence-electron chi connectivity index (χ0n) is 18.5. The first-order valence-corrected chi connectivity index (χ1v) is 11.1. The summed E-state index contributed by atoms with van der Waals surface area (Å²) in [5, 5.41) is 3.22. The van der Waals surface area contributed by atoms with E-state index < -0.39 is 23.7 Å². The maximum absolute atomic E-state index is 13.9. The SMILES string of the molecule is CC(=O)N1CCN(c2ccc(C(=O)NC(C)c3nc4ccc(Cl)cc4[nH]3)cc2C(F)(F)F)CC1. The molecule has 34 heavy (non-hydrogen) atoms. The molecule has 1 fully saturated rings. The molecule has 1 aliphatic heterocycles. The number of nitrogens with zero attached hydrogens (tertiary/aromatic N) is 3. The summed E-state index contributed by atoms with van der Waals surface area (Å²) in [5.74, 6) is -0.296. The molecule has 2 heterocycles. The van der Waals surface area contributed by atoms with Crippen molar-refractivity contribution in [1.29, 1.82) is 0 Å². The Labute approximate surface area is 198 Å². The van der Waals surface area contributed by atoms with Crippen molar-refractivity contribution in [3.63, 3.8) is 0 Å². The van der Waals surface area contributed by atoms with Gasteiger partial charge in [0.15, 0.2) is 0 Å². The molecule has 2 amide bonds. The summed E-state index contributed by atoms with van der Waals surface area (Å²) in [7, 11) is 0. The van der Waals surface area contributed by atoms with E-state index in [-0.39, 0.29) is 30.2 Å². The fourth-order valence-electron chi connectivity index (χ4n) is 4.00. The lowest BCUT2D eigenvalue weighted by Crippen LogP contribution is -2.48. The van der Waals surface area contributed by atoms with Crippen molar-refractivity contribution in [2.45, 2.75) is 26.1 Å². The van der Waals surface area contributed by atoms with Gasteiger partial charge in [0.1, 0.15) is 5.82 Å². The van der Waals surface area contributed by atoms with E-state index in [4.69, 9.17) is 11.6 Å². The molecule has 2 N–H and O–H groups in total.